The molecule has 9 heteroatoms. The van der Waals surface area contributed by atoms with Gasteiger partial charge in [0.2, 0.25) is 5.91 Å². The van der Waals surface area contributed by atoms with Crippen molar-refractivity contribution in [3.8, 4) is 0 Å². The van der Waals surface area contributed by atoms with E-state index in [1.807, 2.05) is 27.2 Å². The van der Waals surface area contributed by atoms with Crippen molar-refractivity contribution < 1.29 is 32.9 Å². The molecule has 0 aromatic carbocycles. The number of phosphoric acid groups is 1. The molecule has 0 aromatic rings. The van der Waals surface area contributed by atoms with Gasteiger partial charge < -0.3 is 19.8 Å². The number of allylic oxidation sites excluding steroid dienone is 7. The molecule has 0 saturated heterocycles. The second-order valence-corrected chi connectivity index (χ2v) is 25.3. The topological polar surface area (TPSA) is 105 Å². The Morgan fingerprint density at radius 1 is 0.447 bits per heavy atom. The average molecular weight is 1090 g/mol. The zero-order valence-electron chi connectivity index (χ0n) is 51.3. The summed E-state index contributed by atoms with van der Waals surface area (Å²) in [6, 6.07) is -0.846. The summed E-state index contributed by atoms with van der Waals surface area (Å²) in [4.78, 5) is 23.3. The van der Waals surface area contributed by atoms with Gasteiger partial charge in [0, 0.05) is 6.42 Å². The summed E-state index contributed by atoms with van der Waals surface area (Å²) in [5.41, 5.74) is 0. The van der Waals surface area contributed by atoms with E-state index in [0.29, 0.717) is 17.4 Å². The molecule has 0 spiro atoms. The summed E-state index contributed by atoms with van der Waals surface area (Å²) in [6.45, 7) is 4.84. The predicted molar refractivity (Wildman–Crippen MR) is 332 cm³/mol. The van der Waals surface area contributed by atoms with Gasteiger partial charge in [0.25, 0.3) is 0 Å². The van der Waals surface area contributed by atoms with Crippen LogP contribution in [0.25, 0.3) is 0 Å². The minimum Gasteiger partial charge on any atom is -0.387 e. The number of nitrogens with zero attached hydrogens (tertiary/aromatic N) is 1. The highest BCUT2D eigenvalue weighted by molar-refractivity contribution is 7.47. The van der Waals surface area contributed by atoms with Crippen LogP contribution in [0.1, 0.15) is 322 Å². The fourth-order valence-corrected chi connectivity index (χ4v) is 10.6. The number of phosphoric ester groups is 1. The number of carbonyl (C=O) groups excluding carboxylic acids is 1. The van der Waals surface area contributed by atoms with Crippen LogP contribution in [0.3, 0.4) is 0 Å². The Morgan fingerprint density at radius 3 is 1.09 bits per heavy atom. The summed E-state index contributed by atoms with van der Waals surface area (Å²) >= 11 is 0. The largest absolute Gasteiger partial charge is 0.472 e. The lowest BCUT2D eigenvalue weighted by molar-refractivity contribution is -0.870. The SMILES string of the molecule is CCCCCCC/C=C\C/C=C\C/C=C\CCCCCCCCCCCCCCCCCCCCCCCCC(=O)NC(COP(=O)(O)OCC[N+](C)(C)C)C(O)/C=C/CCCCCCCCCCCCCCCCC. The number of quaternary nitrogens is 1. The van der Waals surface area contributed by atoms with Crippen molar-refractivity contribution in [2.75, 3.05) is 40.9 Å². The van der Waals surface area contributed by atoms with Crippen LogP contribution in [0.5, 0.6) is 0 Å². The number of rotatable bonds is 61. The van der Waals surface area contributed by atoms with E-state index in [0.717, 1.165) is 51.4 Å². The molecular formula is C67H130N2O6P+. The first kappa shape index (κ1) is 74.5. The lowest BCUT2D eigenvalue weighted by Gasteiger charge is -2.25. The smallest absolute Gasteiger partial charge is 0.387 e. The molecule has 3 unspecified atom stereocenters. The Bertz CT molecular complexity index is 1380. The Labute approximate surface area is 473 Å². The zero-order valence-corrected chi connectivity index (χ0v) is 52.2. The number of aliphatic hydroxyl groups is 1. The predicted octanol–water partition coefficient (Wildman–Crippen LogP) is 20.7. The van der Waals surface area contributed by atoms with Crippen molar-refractivity contribution in [3.63, 3.8) is 0 Å². The average Bonchev–Trinajstić information content (AvgIpc) is 3.38. The first-order valence-corrected chi connectivity index (χ1v) is 34.5. The Hall–Kier alpha value is -1.54. The van der Waals surface area contributed by atoms with E-state index in [9.17, 15) is 19.4 Å². The molecule has 0 bridgehead atoms. The van der Waals surface area contributed by atoms with Crippen LogP contribution in [0, 0.1) is 0 Å². The Morgan fingerprint density at radius 2 is 0.750 bits per heavy atom. The van der Waals surface area contributed by atoms with Gasteiger partial charge in [-0.05, 0) is 57.8 Å². The zero-order chi connectivity index (χ0) is 55.6. The van der Waals surface area contributed by atoms with E-state index in [1.54, 1.807) is 6.08 Å². The van der Waals surface area contributed by atoms with E-state index in [1.165, 1.54) is 250 Å². The number of aliphatic hydroxyl groups excluding tert-OH is 1. The van der Waals surface area contributed by atoms with Crippen LogP contribution in [0.2, 0.25) is 0 Å². The maximum Gasteiger partial charge on any atom is 0.472 e. The normalized spacial score (nSPS) is 14.0. The van der Waals surface area contributed by atoms with Gasteiger partial charge in [0.15, 0.2) is 0 Å². The molecular weight excluding hydrogens is 960 g/mol. The minimum atomic E-state index is -4.35. The molecule has 0 aliphatic rings. The third-order valence-electron chi connectivity index (χ3n) is 15.0. The maximum absolute atomic E-state index is 13.0. The molecule has 0 fully saturated rings. The Balaban J connectivity index is 3.96. The summed E-state index contributed by atoms with van der Waals surface area (Å²) in [6.07, 6.45) is 78.2. The number of amides is 1. The number of unbranched alkanes of at least 4 members (excludes halogenated alkanes) is 42. The van der Waals surface area contributed by atoms with Gasteiger partial charge in [-0.3, -0.25) is 13.8 Å². The monoisotopic (exact) mass is 1090 g/mol. The second-order valence-electron chi connectivity index (χ2n) is 23.8. The van der Waals surface area contributed by atoms with Crippen LogP contribution in [-0.4, -0.2) is 73.4 Å². The highest BCUT2D eigenvalue weighted by Gasteiger charge is 2.28. The second kappa shape index (κ2) is 58.1. The van der Waals surface area contributed by atoms with Gasteiger partial charge in [-0.1, -0.05) is 306 Å². The Kier molecular flexibility index (Phi) is 56.9. The molecule has 3 N–H and O–H groups in total. The van der Waals surface area contributed by atoms with E-state index in [-0.39, 0.29) is 19.1 Å². The molecule has 8 nitrogen and oxygen atoms in total. The van der Waals surface area contributed by atoms with E-state index < -0.39 is 20.0 Å². The number of likely N-dealkylation sites (N-methyl/N-ethyl adjacent to an activating group) is 1. The van der Waals surface area contributed by atoms with Crippen LogP contribution in [-0.2, 0) is 18.4 Å². The van der Waals surface area contributed by atoms with Crippen LogP contribution in [0.15, 0.2) is 48.6 Å². The van der Waals surface area contributed by atoms with Crippen molar-refractivity contribution in [2.45, 2.75) is 334 Å². The van der Waals surface area contributed by atoms with Gasteiger partial charge in [0.1, 0.15) is 13.2 Å². The molecule has 448 valence electrons. The van der Waals surface area contributed by atoms with Crippen molar-refractivity contribution >= 4 is 13.7 Å². The molecule has 0 rings (SSSR count). The van der Waals surface area contributed by atoms with Gasteiger partial charge >= 0.3 is 7.82 Å². The summed E-state index contributed by atoms with van der Waals surface area (Å²) in [7, 11) is 1.58. The maximum atomic E-state index is 13.0. The molecule has 76 heavy (non-hydrogen) atoms. The van der Waals surface area contributed by atoms with Crippen molar-refractivity contribution in [1.82, 2.24) is 5.32 Å². The standard InChI is InChI=1S/C67H129N2O6P/c1-6-8-10-12-14-16-18-20-22-24-25-26-27-28-29-30-31-32-33-34-35-36-37-38-39-40-41-42-43-45-47-49-51-53-55-57-59-61-67(71)68-65(64-75-76(72,73)74-63-62-69(3,4)5)66(70)60-58-56-54-52-50-48-46-44-23-21-19-17-15-13-11-9-7-2/h18,20,24-25,27-28,58,60,65-66,70H,6-17,19,21-23,26,29-57,59,61-64H2,1-5H3,(H-,68,71,72,73)/p+1/b20-18-,25-24-,28-27-,60-58+. The van der Waals surface area contributed by atoms with E-state index in [4.69, 9.17) is 9.05 Å². The molecule has 0 saturated carbocycles. The number of carbonyl (C=O) groups is 1. The molecule has 1 amide bonds. The van der Waals surface area contributed by atoms with Crippen LogP contribution >= 0.6 is 7.82 Å². The third-order valence-corrected chi connectivity index (χ3v) is 16.0. The highest BCUT2D eigenvalue weighted by Crippen LogP contribution is 2.43. The number of hydrogen-bond acceptors (Lipinski definition) is 5. The molecule has 0 radical (unpaired) electrons. The van der Waals surface area contributed by atoms with Gasteiger partial charge in [-0.15, -0.1) is 0 Å². The summed E-state index contributed by atoms with van der Waals surface area (Å²) < 4.78 is 23.8. The van der Waals surface area contributed by atoms with Crippen LogP contribution in [0.4, 0.5) is 0 Å². The molecule has 0 heterocycles. The molecule has 0 aliphatic carbocycles. The lowest BCUT2D eigenvalue weighted by Crippen LogP contribution is -2.45. The van der Waals surface area contributed by atoms with E-state index >= 15 is 0 Å². The summed E-state index contributed by atoms with van der Waals surface area (Å²) in [5, 5.41) is 14.0. The quantitative estimate of drug-likeness (QED) is 0.0243. The van der Waals surface area contributed by atoms with E-state index in [2.05, 4.69) is 55.6 Å². The van der Waals surface area contributed by atoms with Crippen molar-refractivity contribution in [2.24, 2.45) is 0 Å². The lowest BCUT2D eigenvalue weighted by atomic mass is 10.0. The molecule has 0 aromatic heterocycles. The fourth-order valence-electron chi connectivity index (χ4n) is 9.88. The van der Waals surface area contributed by atoms with Gasteiger partial charge in [-0.25, -0.2) is 4.57 Å². The number of nitrogens with one attached hydrogen (secondary N) is 1. The first-order valence-electron chi connectivity index (χ1n) is 33.0. The number of hydrogen-bond donors (Lipinski definition) is 3. The van der Waals surface area contributed by atoms with Gasteiger partial charge in [-0.2, -0.15) is 0 Å². The minimum absolute atomic E-state index is 0.0630. The molecule has 3 atom stereocenters. The highest BCUT2D eigenvalue weighted by atomic mass is 31.2. The van der Waals surface area contributed by atoms with Crippen LogP contribution < -0.4 is 5.32 Å². The fraction of sp³-hybridized carbons (Fsp3) is 0.866. The molecule has 0 aliphatic heterocycles. The first-order chi connectivity index (χ1) is 37.0. The summed E-state index contributed by atoms with van der Waals surface area (Å²) in [5.74, 6) is -0.172. The third kappa shape index (κ3) is 60.1. The van der Waals surface area contributed by atoms with Crippen molar-refractivity contribution in [3.05, 3.63) is 48.6 Å². The van der Waals surface area contributed by atoms with Crippen molar-refractivity contribution in [1.29, 1.82) is 0 Å². The van der Waals surface area contributed by atoms with Gasteiger partial charge in [0.05, 0.1) is 39.9 Å².